The summed E-state index contributed by atoms with van der Waals surface area (Å²) < 4.78 is 16.8. The van der Waals surface area contributed by atoms with Gasteiger partial charge >= 0.3 is 0 Å². The summed E-state index contributed by atoms with van der Waals surface area (Å²) in [6, 6.07) is 14.3. The third-order valence-corrected chi connectivity index (χ3v) is 5.36. The number of hydrogen-bond acceptors (Lipinski definition) is 6. The summed E-state index contributed by atoms with van der Waals surface area (Å²) in [7, 11) is 1.57. The lowest BCUT2D eigenvalue weighted by atomic mass is 10.1. The first kappa shape index (κ1) is 23.1. The lowest BCUT2D eigenvalue weighted by Gasteiger charge is -2.18. The second-order valence-electron chi connectivity index (χ2n) is 6.68. The van der Waals surface area contributed by atoms with E-state index in [1.54, 1.807) is 25.3 Å². The number of rotatable bonds is 10. The van der Waals surface area contributed by atoms with Gasteiger partial charge in [0.15, 0.2) is 0 Å². The second-order valence-corrected chi connectivity index (χ2v) is 7.63. The minimum Gasteiger partial charge on any atom is -0.496 e. The molecular formula is C24H26N2O5S. The smallest absolute Gasteiger partial charge is 0.265 e. The molecule has 32 heavy (non-hydrogen) atoms. The number of anilines is 2. The average molecular weight is 455 g/mol. The lowest BCUT2D eigenvalue weighted by Crippen LogP contribution is -2.17. The van der Waals surface area contributed by atoms with Crippen LogP contribution in [0, 0.1) is 0 Å². The zero-order chi connectivity index (χ0) is 22.9. The van der Waals surface area contributed by atoms with Gasteiger partial charge in [0.05, 0.1) is 43.0 Å². The number of benzene rings is 2. The summed E-state index contributed by atoms with van der Waals surface area (Å²) in [6.07, 6.45) is 0.135. The van der Waals surface area contributed by atoms with Crippen molar-refractivity contribution in [2.24, 2.45) is 0 Å². The maximum Gasteiger partial charge on any atom is 0.265 e. The largest absolute Gasteiger partial charge is 0.496 e. The minimum atomic E-state index is -0.239. The van der Waals surface area contributed by atoms with Crippen LogP contribution in [0.2, 0.25) is 0 Å². The SMILES string of the molecule is CCOc1cc(NC(=O)c2cccs2)c(OCC)cc1NC(=O)Cc1ccccc1OC. The molecule has 0 saturated carbocycles. The number of carbonyl (C=O) groups is 2. The van der Waals surface area contributed by atoms with E-state index in [1.165, 1.54) is 11.3 Å². The fraction of sp³-hybridized carbons (Fsp3) is 0.250. The van der Waals surface area contributed by atoms with E-state index in [0.717, 1.165) is 5.56 Å². The molecule has 3 aromatic rings. The van der Waals surface area contributed by atoms with Crippen molar-refractivity contribution in [2.75, 3.05) is 31.0 Å². The van der Waals surface area contributed by atoms with Crippen LogP contribution in [0.4, 0.5) is 11.4 Å². The summed E-state index contributed by atoms with van der Waals surface area (Å²) in [5.74, 6) is 1.05. The molecule has 168 valence electrons. The fourth-order valence-corrected chi connectivity index (χ4v) is 3.73. The number of carbonyl (C=O) groups excluding carboxylic acids is 2. The van der Waals surface area contributed by atoms with Crippen LogP contribution in [0.1, 0.15) is 29.1 Å². The van der Waals surface area contributed by atoms with E-state index in [0.29, 0.717) is 46.7 Å². The summed E-state index contributed by atoms with van der Waals surface area (Å²) >= 11 is 1.35. The molecule has 0 spiro atoms. The zero-order valence-corrected chi connectivity index (χ0v) is 19.1. The molecule has 2 N–H and O–H groups in total. The maximum absolute atomic E-state index is 12.8. The molecule has 0 aliphatic rings. The Morgan fingerprint density at radius 2 is 1.53 bits per heavy atom. The van der Waals surface area contributed by atoms with Gasteiger partial charge in [-0.05, 0) is 31.4 Å². The number of thiophene rings is 1. The summed E-state index contributed by atoms with van der Waals surface area (Å²) in [5.41, 5.74) is 1.70. The number of ether oxygens (including phenoxy) is 3. The quantitative estimate of drug-likeness (QED) is 0.451. The Kier molecular flexibility index (Phi) is 8.10. The molecule has 0 fully saturated rings. The highest BCUT2D eigenvalue weighted by Crippen LogP contribution is 2.37. The standard InChI is InChI=1S/C24H26N2O5S/c1-4-30-20-15-18(26-24(28)22-11-8-12-32-22)21(31-5-2)14-17(20)25-23(27)13-16-9-6-7-10-19(16)29-3/h6-12,14-15H,4-5,13H2,1-3H3,(H,25,27)(H,26,28). The molecule has 0 atom stereocenters. The summed E-state index contributed by atoms with van der Waals surface area (Å²) in [6.45, 7) is 4.48. The fourth-order valence-electron chi connectivity index (χ4n) is 3.11. The predicted octanol–water partition coefficient (Wildman–Crippen LogP) is 4.99. The molecule has 2 amide bonds. The van der Waals surface area contributed by atoms with Gasteiger partial charge in [-0.1, -0.05) is 24.3 Å². The molecule has 1 heterocycles. The zero-order valence-electron chi connectivity index (χ0n) is 18.3. The van der Waals surface area contributed by atoms with E-state index < -0.39 is 0 Å². The summed E-state index contributed by atoms with van der Waals surface area (Å²) in [4.78, 5) is 25.9. The van der Waals surface area contributed by atoms with Gasteiger partial charge in [0, 0.05) is 17.7 Å². The Bertz CT molecular complexity index is 1070. The number of amides is 2. The molecule has 3 rings (SSSR count). The van der Waals surface area contributed by atoms with Crippen LogP contribution in [-0.2, 0) is 11.2 Å². The van der Waals surface area contributed by atoms with Crippen molar-refractivity contribution in [2.45, 2.75) is 20.3 Å². The molecule has 7 nitrogen and oxygen atoms in total. The van der Waals surface area contributed by atoms with Gasteiger partial charge in [-0.25, -0.2) is 0 Å². The third-order valence-electron chi connectivity index (χ3n) is 4.49. The van der Waals surface area contributed by atoms with Crippen molar-refractivity contribution in [3.63, 3.8) is 0 Å². The van der Waals surface area contributed by atoms with Crippen molar-refractivity contribution >= 4 is 34.5 Å². The average Bonchev–Trinajstić information content (AvgIpc) is 3.32. The number of hydrogen-bond donors (Lipinski definition) is 2. The Labute approximate surface area is 191 Å². The van der Waals surface area contributed by atoms with Crippen molar-refractivity contribution in [3.8, 4) is 17.2 Å². The van der Waals surface area contributed by atoms with E-state index >= 15 is 0 Å². The maximum atomic E-state index is 12.8. The van der Waals surface area contributed by atoms with Crippen molar-refractivity contribution in [1.82, 2.24) is 0 Å². The van der Waals surface area contributed by atoms with Crippen molar-refractivity contribution in [3.05, 3.63) is 64.4 Å². The van der Waals surface area contributed by atoms with Crippen LogP contribution in [0.15, 0.2) is 53.9 Å². The van der Waals surface area contributed by atoms with Gasteiger partial charge in [0.1, 0.15) is 17.2 Å². The van der Waals surface area contributed by atoms with Gasteiger partial charge in [-0.3, -0.25) is 9.59 Å². The van der Waals surface area contributed by atoms with E-state index in [1.807, 2.05) is 49.6 Å². The van der Waals surface area contributed by atoms with Gasteiger partial charge in [0.25, 0.3) is 5.91 Å². The van der Waals surface area contributed by atoms with Crippen LogP contribution in [0.25, 0.3) is 0 Å². The summed E-state index contributed by atoms with van der Waals surface area (Å²) in [5, 5.41) is 7.60. The van der Waals surface area contributed by atoms with Crippen LogP contribution < -0.4 is 24.8 Å². The topological polar surface area (TPSA) is 85.9 Å². The van der Waals surface area contributed by atoms with E-state index in [-0.39, 0.29) is 18.2 Å². The number of nitrogens with one attached hydrogen (secondary N) is 2. The van der Waals surface area contributed by atoms with E-state index in [9.17, 15) is 9.59 Å². The van der Waals surface area contributed by atoms with Gasteiger partial charge in [-0.2, -0.15) is 0 Å². The Morgan fingerprint density at radius 3 is 2.12 bits per heavy atom. The van der Waals surface area contributed by atoms with Gasteiger partial charge in [-0.15, -0.1) is 11.3 Å². The molecule has 0 bridgehead atoms. The first-order valence-electron chi connectivity index (χ1n) is 10.3. The Morgan fingerprint density at radius 1 is 0.875 bits per heavy atom. The molecule has 0 aliphatic carbocycles. The molecule has 0 saturated heterocycles. The molecular weight excluding hydrogens is 428 g/mol. The molecule has 0 radical (unpaired) electrons. The molecule has 0 aliphatic heterocycles. The predicted molar refractivity (Wildman–Crippen MR) is 126 cm³/mol. The van der Waals surface area contributed by atoms with E-state index in [4.69, 9.17) is 14.2 Å². The second kappa shape index (κ2) is 11.2. The highest BCUT2D eigenvalue weighted by atomic mass is 32.1. The Hall–Kier alpha value is -3.52. The van der Waals surface area contributed by atoms with Crippen molar-refractivity contribution in [1.29, 1.82) is 0 Å². The first-order valence-corrected chi connectivity index (χ1v) is 11.1. The minimum absolute atomic E-state index is 0.135. The molecule has 2 aromatic carbocycles. The van der Waals surface area contributed by atoms with Crippen LogP contribution in [0.3, 0.4) is 0 Å². The molecule has 0 unspecified atom stereocenters. The number of para-hydroxylation sites is 1. The lowest BCUT2D eigenvalue weighted by molar-refractivity contribution is -0.115. The third kappa shape index (κ3) is 5.79. The monoisotopic (exact) mass is 454 g/mol. The van der Waals surface area contributed by atoms with Crippen LogP contribution in [0.5, 0.6) is 17.2 Å². The van der Waals surface area contributed by atoms with Crippen LogP contribution >= 0.6 is 11.3 Å². The van der Waals surface area contributed by atoms with Gasteiger partial charge < -0.3 is 24.8 Å². The van der Waals surface area contributed by atoms with Crippen LogP contribution in [-0.4, -0.2) is 32.1 Å². The first-order chi connectivity index (χ1) is 15.5. The molecule has 8 heteroatoms. The highest BCUT2D eigenvalue weighted by molar-refractivity contribution is 7.12. The Balaban J connectivity index is 1.86. The normalized spacial score (nSPS) is 10.3. The molecule has 1 aromatic heterocycles. The number of methoxy groups -OCH3 is 1. The van der Waals surface area contributed by atoms with Gasteiger partial charge in [0.2, 0.25) is 5.91 Å². The van der Waals surface area contributed by atoms with Crippen molar-refractivity contribution < 1.29 is 23.8 Å². The van der Waals surface area contributed by atoms with E-state index in [2.05, 4.69) is 10.6 Å². The highest BCUT2D eigenvalue weighted by Gasteiger charge is 2.18.